The highest BCUT2D eigenvalue weighted by Crippen LogP contribution is 2.05. The maximum absolute atomic E-state index is 10.5. The number of aliphatic imine (C=N–C) groups is 2. The Balaban J connectivity index is 4.24. The van der Waals surface area contributed by atoms with E-state index in [4.69, 9.17) is 28.2 Å². The molecule has 0 spiro atoms. The molecule has 0 rings (SSSR count). The van der Waals surface area contributed by atoms with Crippen LogP contribution in [0.4, 0.5) is 0 Å². The third-order valence-corrected chi connectivity index (χ3v) is 1.97. The first kappa shape index (κ1) is 15.1. The van der Waals surface area contributed by atoms with E-state index in [-0.39, 0.29) is 25.0 Å². The van der Waals surface area contributed by atoms with Gasteiger partial charge in [-0.15, -0.1) is 0 Å². The number of carboxylic acids is 1. The molecule has 0 amide bonds. The summed E-state index contributed by atoms with van der Waals surface area (Å²) in [5.74, 6) is 3.94. The molecule has 0 aromatic rings. The second-order valence-corrected chi connectivity index (χ2v) is 3.39. The summed E-state index contributed by atoms with van der Waals surface area (Å²) in [5.41, 5.74) is 18.0. The van der Waals surface area contributed by atoms with Crippen LogP contribution >= 0.6 is 0 Å². The zero-order valence-electron chi connectivity index (χ0n) is 9.41. The van der Waals surface area contributed by atoms with Gasteiger partial charge in [0.1, 0.15) is 6.04 Å². The summed E-state index contributed by atoms with van der Waals surface area (Å²) in [6.07, 6.45) is 2.02. The van der Waals surface area contributed by atoms with Crippen LogP contribution in [-0.2, 0) is 4.79 Å². The van der Waals surface area contributed by atoms with Crippen molar-refractivity contribution in [3.63, 3.8) is 0 Å². The van der Waals surface area contributed by atoms with Gasteiger partial charge in [-0.05, 0) is 12.8 Å². The minimum Gasteiger partial charge on any atom is -0.480 e. The largest absolute Gasteiger partial charge is 0.480 e. The molecule has 0 saturated carbocycles. The highest BCUT2D eigenvalue weighted by molar-refractivity contribution is 5.75. The van der Waals surface area contributed by atoms with Gasteiger partial charge >= 0.3 is 5.97 Å². The van der Waals surface area contributed by atoms with Gasteiger partial charge in [0.2, 0.25) is 0 Å². The van der Waals surface area contributed by atoms with Gasteiger partial charge in [-0.1, -0.05) is 0 Å². The van der Waals surface area contributed by atoms with Crippen LogP contribution in [0.25, 0.3) is 0 Å². The Morgan fingerprint density at radius 3 is 2.53 bits per heavy atom. The fourth-order valence-corrected chi connectivity index (χ4v) is 1.07. The quantitative estimate of drug-likeness (QED) is 0.117. The first-order valence-corrected chi connectivity index (χ1v) is 4.99. The van der Waals surface area contributed by atoms with Crippen LogP contribution in [-0.4, -0.2) is 42.0 Å². The number of nitrogens with zero attached hydrogens (tertiary/aromatic N) is 2. The van der Waals surface area contributed by atoms with E-state index in [1.807, 2.05) is 0 Å². The van der Waals surface area contributed by atoms with Gasteiger partial charge in [-0.2, -0.15) is 0 Å². The molecule has 9 nitrogen and oxygen atoms in total. The summed E-state index contributed by atoms with van der Waals surface area (Å²) in [6.45, 7) is 0.257. The van der Waals surface area contributed by atoms with Crippen LogP contribution in [0, 0.1) is 0 Å². The Morgan fingerprint density at radius 1 is 1.41 bits per heavy atom. The van der Waals surface area contributed by atoms with Gasteiger partial charge in [0, 0.05) is 0 Å². The highest BCUT2D eigenvalue weighted by atomic mass is 16.4. The molecule has 0 aliphatic carbocycles. The number of rotatable bonds is 8. The van der Waals surface area contributed by atoms with Gasteiger partial charge in [-0.3, -0.25) is 14.8 Å². The smallest absolute Gasteiger partial charge is 0.320 e. The van der Waals surface area contributed by atoms with E-state index in [1.165, 1.54) is 6.34 Å². The van der Waals surface area contributed by atoms with Crippen molar-refractivity contribution < 1.29 is 9.90 Å². The molecule has 0 aromatic heterocycles. The highest BCUT2D eigenvalue weighted by Gasteiger charge is 2.14. The number of guanidine groups is 1. The van der Waals surface area contributed by atoms with E-state index in [2.05, 4.69) is 15.4 Å². The second kappa shape index (κ2) is 8.30. The Morgan fingerprint density at radius 2 is 2.06 bits per heavy atom. The molecule has 0 fully saturated rings. The fraction of sp³-hybridized carbons (Fsp3) is 0.625. The summed E-state index contributed by atoms with van der Waals surface area (Å²) in [6, 6.07) is -1.18. The number of hydrogen-bond donors (Lipinski definition) is 6. The van der Waals surface area contributed by atoms with Gasteiger partial charge in [0.05, 0.1) is 18.9 Å². The molecule has 9 heteroatoms. The molecule has 1 unspecified atom stereocenters. The van der Waals surface area contributed by atoms with Crippen LogP contribution in [0.5, 0.6) is 0 Å². The Kier molecular flexibility index (Phi) is 7.39. The monoisotopic (exact) mass is 245 g/mol. The van der Waals surface area contributed by atoms with Gasteiger partial charge in [0.15, 0.2) is 5.96 Å². The zero-order valence-corrected chi connectivity index (χ0v) is 9.41. The minimum atomic E-state index is -1.05. The van der Waals surface area contributed by atoms with Gasteiger partial charge < -0.3 is 27.7 Å². The third kappa shape index (κ3) is 7.99. The molecule has 17 heavy (non-hydrogen) atoms. The first-order valence-electron chi connectivity index (χ1n) is 4.99. The van der Waals surface area contributed by atoms with Crippen LogP contribution in [0.3, 0.4) is 0 Å². The van der Waals surface area contributed by atoms with Crippen molar-refractivity contribution in [3.8, 4) is 0 Å². The first-order chi connectivity index (χ1) is 7.97. The molecule has 0 aliphatic rings. The molecular weight excluding hydrogens is 226 g/mol. The Bertz CT molecular complexity index is 288. The predicted molar refractivity (Wildman–Crippen MR) is 65.1 cm³/mol. The molecule has 0 heterocycles. The lowest BCUT2D eigenvalue weighted by Gasteiger charge is -2.11. The topological polar surface area (TPSA) is 178 Å². The zero-order chi connectivity index (χ0) is 13.3. The lowest BCUT2D eigenvalue weighted by molar-refractivity contribution is -0.138. The molecule has 0 radical (unpaired) electrons. The summed E-state index contributed by atoms with van der Waals surface area (Å²) in [5, 5.41) is 8.63. The van der Waals surface area contributed by atoms with Crippen molar-refractivity contribution in [2.24, 2.45) is 33.0 Å². The molecule has 0 aliphatic heterocycles. The summed E-state index contributed by atoms with van der Waals surface area (Å²) < 4.78 is 0. The van der Waals surface area contributed by atoms with Crippen molar-refractivity contribution >= 4 is 18.3 Å². The fourth-order valence-electron chi connectivity index (χ4n) is 1.07. The third-order valence-electron chi connectivity index (χ3n) is 1.97. The molecule has 10 N–H and O–H groups in total. The van der Waals surface area contributed by atoms with Crippen LogP contribution in [0.15, 0.2) is 9.98 Å². The molecule has 0 bridgehead atoms. The van der Waals surface area contributed by atoms with Gasteiger partial charge in [0.25, 0.3) is 0 Å². The lowest BCUT2D eigenvalue weighted by Crippen LogP contribution is -2.32. The average Bonchev–Trinajstić information content (AvgIpc) is 2.27. The molecule has 0 saturated heterocycles. The van der Waals surface area contributed by atoms with Crippen molar-refractivity contribution in [3.05, 3.63) is 0 Å². The van der Waals surface area contributed by atoms with E-state index in [0.717, 1.165) is 0 Å². The number of aliphatic carboxylic acids is 1. The second-order valence-electron chi connectivity index (χ2n) is 3.39. The minimum absolute atomic E-state index is 0.0477. The Hall–Kier alpha value is -1.87. The van der Waals surface area contributed by atoms with Crippen molar-refractivity contribution in [1.29, 1.82) is 0 Å². The van der Waals surface area contributed by atoms with Crippen LogP contribution in [0.1, 0.15) is 12.8 Å². The normalized spacial score (nSPS) is 14.2. The van der Waals surface area contributed by atoms with Crippen LogP contribution < -0.4 is 28.5 Å². The summed E-state index contributed by atoms with van der Waals surface area (Å²) in [7, 11) is 0. The molecular formula is C8H19N7O2. The maximum Gasteiger partial charge on any atom is 0.320 e. The van der Waals surface area contributed by atoms with Crippen molar-refractivity contribution in [2.75, 3.05) is 6.54 Å². The predicted octanol–water partition coefficient (Wildman–Crippen LogP) is -2.69. The van der Waals surface area contributed by atoms with E-state index in [1.54, 1.807) is 0 Å². The number of hydrogen-bond acceptors (Lipinski definition) is 5. The van der Waals surface area contributed by atoms with Gasteiger partial charge in [-0.25, -0.2) is 5.84 Å². The summed E-state index contributed by atoms with van der Waals surface area (Å²) >= 11 is 0. The summed E-state index contributed by atoms with van der Waals surface area (Å²) in [4.78, 5) is 18.3. The van der Waals surface area contributed by atoms with E-state index < -0.39 is 12.0 Å². The molecule has 2 atom stereocenters. The van der Waals surface area contributed by atoms with E-state index >= 15 is 0 Å². The number of nitrogens with two attached hydrogens (primary N) is 4. The van der Waals surface area contributed by atoms with Crippen LogP contribution in [0.2, 0.25) is 0 Å². The molecule has 98 valence electrons. The van der Waals surface area contributed by atoms with Crippen molar-refractivity contribution in [2.45, 2.75) is 24.9 Å². The average molecular weight is 245 g/mol. The SMILES string of the molecule is NNC=NC(CC[C@H](N)C(=O)O)CN=C(N)N. The van der Waals surface area contributed by atoms with E-state index in [9.17, 15) is 4.79 Å². The number of hydrazine groups is 1. The maximum atomic E-state index is 10.5. The number of nitrogens with one attached hydrogen (secondary N) is 1. The number of carbonyl (C=O) groups is 1. The van der Waals surface area contributed by atoms with E-state index in [0.29, 0.717) is 6.42 Å². The standard InChI is InChI=1S/C8H19N7O2/c9-6(7(16)17)2-1-5(14-4-15-12)3-13-8(10)11/h4-6H,1-3,9,12H2,(H,14,15)(H,16,17)(H4,10,11,13)/t5?,6-/m0/s1. The molecule has 0 aromatic carbocycles. The lowest BCUT2D eigenvalue weighted by atomic mass is 10.1. The van der Waals surface area contributed by atoms with Crippen molar-refractivity contribution in [1.82, 2.24) is 5.43 Å². The Labute approximate surface area is 98.9 Å². The number of carboxylic acid groups (broad SMARTS) is 1.